The fourth-order valence-corrected chi connectivity index (χ4v) is 5.18. The van der Waals surface area contributed by atoms with E-state index >= 15 is 0 Å². The Bertz CT molecular complexity index is 1320. The number of unbranched alkanes of at least 4 members (excludes halogenated alkanes) is 1. The maximum absolute atomic E-state index is 12.3. The average molecular weight is 553 g/mol. The fraction of sp³-hybridized carbons (Fsp3) is 0.308. The van der Waals surface area contributed by atoms with E-state index < -0.39 is 18.1 Å². The summed E-state index contributed by atoms with van der Waals surface area (Å²) in [5, 5.41) is 44.3. The van der Waals surface area contributed by atoms with Crippen LogP contribution in [0, 0.1) is 0 Å². The van der Waals surface area contributed by atoms with Gasteiger partial charge in [0.1, 0.15) is 16.1 Å². The van der Waals surface area contributed by atoms with Gasteiger partial charge in [0.15, 0.2) is 6.10 Å². The molecular formula is C26H28N6O4S2. The first-order valence-electron chi connectivity index (χ1n) is 12.2. The van der Waals surface area contributed by atoms with Gasteiger partial charge < -0.3 is 15.5 Å². The van der Waals surface area contributed by atoms with Gasteiger partial charge in [-0.15, -0.1) is 20.4 Å². The van der Waals surface area contributed by atoms with Crippen molar-refractivity contribution in [2.24, 2.45) is 0 Å². The summed E-state index contributed by atoms with van der Waals surface area (Å²) in [6.45, 7) is 0. The topological polar surface area (TPSA) is 150 Å². The van der Waals surface area contributed by atoms with Crippen LogP contribution in [-0.4, -0.2) is 48.5 Å². The van der Waals surface area contributed by atoms with E-state index in [0.29, 0.717) is 30.0 Å². The van der Waals surface area contributed by atoms with Gasteiger partial charge in [0.2, 0.25) is 16.2 Å². The number of benzene rings is 2. The highest BCUT2D eigenvalue weighted by molar-refractivity contribution is 7.15. The first-order chi connectivity index (χ1) is 18.5. The minimum atomic E-state index is -1.63. The van der Waals surface area contributed by atoms with Gasteiger partial charge in [-0.2, -0.15) is 0 Å². The van der Waals surface area contributed by atoms with Crippen molar-refractivity contribution in [1.82, 2.24) is 20.4 Å². The second kappa shape index (κ2) is 13.8. The molecule has 4 aromatic rings. The van der Waals surface area contributed by atoms with Crippen molar-refractivity contribution in [2.45, 2.75) is 50.7 Å². The number of carbonyl (C=O) groups excluding carboxylic acids is 2. The Hall–Kier alpha value is -3.58. The summed E-state index contributed by atoms with van der Waals surface area (Å²) in [6.07, 6.45) is 1.16. The average Bonchev–Trinajstić information content (AvgIpc) is 3.59. The summed E-state index contributed by atoms with van der Waals surface area (Å²) in [7, 11) is 0. The third-order valence-electron chi connectivity index (χ3n) is 5.63. The van der Waals surface area contributed by atoms with E-state index in [-0.39, 0.29) is 11.0 Å². The molecule has 0 fully saturated rings. The molecule has 2 aromatic carbocycles. The number of nitrogens with zero attached hydrogens (tertiary/aromatic N) is 4. The van der Waals surface area contributed by atoms with Crippen LogP contribution < -0.4 is 10.6 Å². The molecular weight excluding hydrogens is 524 g/mol. The third kappa shape index (κ3) is 8.21. The Balaban J connectivity index is 1.14. The van der Waals surface area contributed by atoms with Crippen LogP contribution in [0.5, 0.6) is 0 Å². The number of anilines is 2. The molecule has 4 rings (SSSR count). The molecule has 12 heteroatoms. The second-order valence-corrected chi connectivity index (χ2v) is 10.7. The number of carbonyl (C=O) groups is 2. The van der Waals surface area contributed by atoms with Gasteiger partial charge in [-0.3, -0.25) is 14.9 Å². The number of nitrogens with one attached hydrogen (secondary N) is 2. The lowest BCUT2D eigenvalue weighted by Gasteiger charge is -2.16. The van der Waals surface area contributed by atoms with Crippen LogP contribution in [0.15, 0.2) is 60.7 Å². The van der Waals surface area contributed by atoms with Gasteiger partial charge in [-0.05, 0) is 30.4 Å². The van der Waals surface area contributed by atoms with Crippen LogP contribution in [0.2, 0.25) is 0 Å². The molecule has 0 aliphatic carbocycles. The number of aliphatic hydroxyl groups excluding tert-OH is 2. The lowest BCUT2D eigenvalue weighted by atomic mass is 10.0. The van der Waals surface area contributed by atoms with Crippen LogP contribution in [-0.2, 0) is 28.9 Å². The molecule has 2 aromatic heterocycles. The first kappa shape index (κ1) is 27.5. The minimum Gasteiger partial charge on any atom is -0.385 e. The minimum absolute atomic E-state index is 0.0854. The molecule has 0 bridgehead atoms. The molecule has 0 spiro atoms. The number of aliphatic hydroxyl groups is 2. The smallest absolute Gasteiger partial charge is 0.258 e. The zero-order valence-electron chi connectivity index (χ0n) is 20.5. The first-order valence-corrected chi connectivity index (χ1v) is 13.8. The number of hydrogen-bond donors (Lipinski definition) is 4. The SMILES string of the molecule is O=C(CCc1ccccc1)Nc1nnc(CCCCc2nnc(NC(=O)[C@H](O)[C@@H](O)c3ccccc3)s2)s1. The zero-order chi connectivity index (χ0) is 26.7. The molecule has 2 amide bonds. The van der Waals surface area contributed by atoms with E-state index in [2.05, 4.69) is 31.0 Å². The van der Waals surface area contributed by atoms with Crippen LogP contribution in [0.3, 0.4) is 0 Å². The summed E-state index contributed by atoms with van der Waals surface area (Å²) in [6, 6.07) is 18.3. The normalized spacial score (nSPS) is 12.6. The lowest BCUT2D eigenvalue weighted by molar-refractivity contribution is -0.129. The standard InChI is InChI=1S/C26H28N6O4S2/c33-19(16-15-17-9-3-1-4-10-17)27-25-31-29-20(37-25)13-7-8-14-21-30-32-26(38-21)28-24(36)23(35)22(34)18-11-5-2-6-12-18/h1-6,9-12,22-23,34-35H,7-8,13-16H2,(H,27,31,33)(H,28,32,36)/t22-,23+/m0/s1. The van der Waals surface area contributed by atoms with Crippen LogP contribution >= 0.6 is 22.7 Å². The summed E-state index contributed by atoms with van der Waals surface area (Å²) in [5.74, 6) is -0.832. The Morgan fingerprint density at radius 3 is 1.89 bits per heavy atom. The van der Waals surface area contributed by atoms with Crippen molar-refractivity contribution in [3.63, 3.8) is 0 Å². The van der Waals surface area contributed by atoms with E-state index in [0.717, 1.165) is 34.8 Å². The Morgan fingerprint density at radius 1 is 0.737 bits per heavy atom. The molecule has 0 saturated heterocycles. The molecule has 0 aliphatic heterocycles. The van der Waals surface area contributed by atoms with E-state index in [1.807, 2.05) is 30.3 Å². The van der Waals surface area contributed by atoms with Gasteiger partial charge in [-0.1, -0.05) is 83.3 Å². The van der Waals surface area contributed by atoms with Gasteiger partial charge in [-0.25, -0.2) is 0 Å². The largest absolute Gasteiger partial charge is 0.385 e. The second-order valence-electron chi connectivity index (χ2n) is 8.53. The number of aryl methyl sites for hydroxylation is 3. The highest BCUT2D eigenvalue weighted by atomic mass is 32.1. The van der Waals surface area contributed by atoms with E-state index in [4.69, 9.17) is 0 Å². The molecule has 2 atom stereocenters. The zero-order valence-corrected chi connectivity index (χ0v) is 22.1. The molecule has 4 N–H and O–H groups in total. The summed E-state index contributed by atoms with van der Waals surface area (Å²) >= 11 is 2.60. The van der Waals surface area contributed by atoms with E-state index in [1.54, 1.807) is 30.3 Å². The van der Waals surface area contributed by atoms with Crippen molar-refractivity contribution in [1.29, 1.82) is 0 Å². The molecule has 0 aliphatic rings. The maximum Gasteiger partial charge on any atom is 0.258 e. The van der Waals surface area contributed by atoms with Gasteiger partial charge in [0.25, 0.3) is 5.91 Å². The number of rotatable bonds is 13. The quantitative estimate of drug-likeness (QED) is 0.184. The molecule has 10 nitrogen and oxygen atoms in total. The van der Waals surface area contributed by atoms with Crippen molar-refractivity contribution in [3.8, 4) is 0 Å². The van der Waals surface area contributed by atoms with Crippen LogP contribution in [0.4, 0.5) is 10.3 Å². The molecule has 198 valence electrons. The van der Waals surface area contributed by atoms with E-state index in [1.165, 1.54) is 22.7 Å². The summed E-state index contributed by atoms with van der Waals surface area (Å²) in [4.78, 5) is 24.5. The van der Waals surface area contributed by atoms with E-state index in [9.17, 15) is 19.8 Å². The Labute approximate surface area is 227 Å². The summed E-state index contributed by atoms with van der Waals surface area (Å²) in [5.41, 5.74) is 1.56. The lowest BCUT2D eigenvalue weighted by Crippen LogP contribution is -2.33. The third-order valence-corrected chi connectivity index (χ3v) is 7.43. The van der Waals surface area contributed by atoms with Crippen LogP contribution in [0.25, 0.3) is 0 Å². The Kier molecular flexibility index (Phi) is 9.98. The van der Waals surface area contributed by atoms with Crippen molar-refractivity contribution < 1.29 is 19.8 Å². The predicted octanol–water partition coefficient (Wildman–Crippen LogP) is 3.56. The molecule has 0 unspecified atom stereocenters. The molecule has 0 radical (unpaired) electrons. The highest BCUT2D eigenvalue weighted by Crippen LogP contribution is 2.22. The predicted molar refractivity (Wildman–Crippen MR) is 146 cm³/mol. The Morgan fingerprint density at radius 2 is 1.29 bits per heavy atom. The monoisotopic (exact) mass is 552 g/mol. The van der Waals surface area contributed by atoms with Gasteiger partial charge >= 0.3 is 0 Å². The van der Waals surface area contributed by atoms with Crippen molar-refractivity contribution in [2.75, 3.05) is 10.6 Å². The molecule has 2 heterocycles. The molecule has 0 saturated carbocycles. The number of aromatic nitrogens is 4. The summed E-state index contributed by atoms with van der Waals surface area (Å²) < 4.78 is 0. The van der Waals surface area contributed by atoms with Gasteiger partial charge in [0, 0.05) is 19.3 Å². The van der Waals surface area contributed by atoms with Crippen LogP contribution in [0.1, 0.15) is 46.5 Å². The maximum atomic E-state index is 12.3. The number of amides is 2. The van der Waals surface area contributed by atoms with Crippen molar-refractivity contribution in [3.05, 3.63) is 81.8 Å². The van der Waals surface area contributed by atoms with Gasteiger partial charge in [0.05, 0.1) is 0 Å². The number of hydrogen-bond acceptors (Lipinski definition) is 10. The molecule has 38 heavy (non-hydrogen) atoms. The fourth-order valence-electron chi connectivity index (χ4n) is 3.60. The highest BCUT2D eigenvalue weighted by Gasteiger charge is 2.26. The van der Waals surface area contributed by atoms with Crippen molar-refractivity contribution >= 4 is 44.8 Å².